The highest BCUT2D eigenvalue weighted by Crippen LogP contribution is 2.36. The van der Waals surface area contributed by atoms with E-state index in [9.17, 15) is 20.3 Å². The molecule has 2 heterocycles. The molecule has 1 saturated heterocycles. The summed E-state index contributed by atoms with van der Waals surface area (Å²) < 4.78 is 25.3. The summed E-state index contributed by atoms with van der Waals surface area (Å²) in [7, 11) is 2.29. The predicted octanol–water partition coefficient (Wildman–Crippen LogP) is 6.22. The van der Waals surface area contributed by atoms with Gasteiger partial charge in [0, 0.05) is 42.6 Å². The summed E-state index contributed by atoms with van der Waals surface area (Å²) in [6, 6.07) is 19.4. The zero-order valence-electron chi connectivity index (χ0n) is 30.8. The number of aliphatic hydroxyl groups is 1. The average molecular weight is 744 g/mol. The van der Waals surface area contributed by atoms with E-state index >= 15 is 0 Å². The van der Waals surface area contributed by atoms with E-state index in [2.05, 4.69) is 49.4 Å². The maximum atomic E-state index is 11.8. The summed E-state index contributed by atoms with van der Waals surface area (Å²) in [6.45, 7) is 10.7. The van der Waals surface area contributed by atoms with Gasteiger partial charge in [0.05, 0.1) is 50.6 Å². The third-order valence-corrected chi connectivity index (χ3v) is 10.2. The van der Waals surface area contributed by atoms with Crippen LogP contribution in [0.5, 0.6) is 17.2 Å². The number of aliphatic hydroxyl groups excluding tert-OH is 1. The summed E-state index contributed by atoms with van der Waals surface area (Å²) in [6.07, 6.45) is 4.04. The number of rotatable bonds is 17. The molecule has 1 unspecified atom stereocenters. The topological polar surface area (TPSA) is 143 Å². The van der Waals surface area contributed by atoms with E-state index in [1.54, 1.807) is 24.4 Å². The van der Waals surface area contributed by atoms with Gasteiger partial charge in [-0.25, -0.2) is 0 Å². The highest BCUT2D eigenvalue weighted by molar-refractivity contribution is 6.32. The average Bonchev–Trinajstić information content (AvgIpc) is 3.16. The number of pyridine rings is 1. The van der Waals surface area contributed by atoms with Gasteiger partial charge in [-0.2, -0.15) is 5.26 Å². The molecule has 1 aliphatic heterocycles. The molecule has 1 fully saturated rings. The Hall–Kier alpha value is -4.70. The maximum absolute atomic E-state index is 11.8. The SMILES string of the molecule is Cc1c(COc2cc(OCc3cncc(C#N)c3)c(CNC(C)(CO)C(=O)O)cc2Cl)cccc1-c1cccc(OCCC[N+]2(C)CCOCC2)c1C. The number of carboxylic acid groups (broad SMARTS) is 1. The lowest BCUT2D eigenvalue weighted by atomic mass is 9.93. The second kappa shape index (κ2) is 17.9. The maximum Gasteiger partial charge on any atom is 0.326 e. The highest BCUT2D eigenvalue weighted by Gasteiger charge is 2.32. The number of carbonyl (C=O) groups is 1. The number of ether oxygens (including phenoxy) is 4. The van der Waals surface area contributed by atoms with Gasteiger partial charge in [0.2, 0.25) is 0 Å². The second-order valence-electron chi connectivity index (χ2n) is 13.9. The Morgan fingerprint density at radius 2 is 1.70 bits per heavy atom. The number of carboxylic acids is 1. The fourth-order valence-electron chi connectivity index (χ4n) is 6.22. The molecule has 0 saturated carbocycles. The smallest absolute Gasteiger partial charge is 0.326 e. The standard InChI is InChI=1S/C41H47ClN4O7/c1-28-32(8-5-9-34(28)35-10-6-11-37(29(35)2)51-15-7-12-46(4)13-16-50-17-14-46)26-53-39-20-38(52-25-31-18-30(21-43)22-44-23-31)33(19-36(39)42)24-45-41(3,27-47)40(48)49/h5-6,8-11,18-20,22-23,45,47H,7,12-17,24-27H2,1-4H3/p+1. The molecule has 0 amide bonds. The molecule has 53 heavy (non-hydrogen) atoms. The fraction of sp³-hybridized carbons (Fsp3) is 0.390. The summed E-state index contributed by atoms with van der Waals surface area (Å²) in [5.41, 5.74) is 5.32. The first kappa shape index (κ1) is 39.5. The fourth-order valence-corrected chi connectivity index (χ4v) is 6.46. The number of aromatic nitrogens is 1. The first-order chi connectivity index (χ1) is 25.4. The van der Waals surface area contributed by atoms with Crippen molar-refractivity contribution in [2.45, 2.75) is 52.5 Å². The normalized spacial score (nSPS) is 14.9. The molecule has 0 aliphatic carbocycles. The van der Waals surface area contributed by atoms with Crippen LogP contribution in [0.2, 0.25) is 5.02 Å². The molecule has 3 N–H and O–H groups in total. The minimum Gasteiger partial charge on any atom is -0.493 e. The third-order valence-electron chi connectivity index (χ3n) is 9.94. The molecular weight excluding hydrogens is 696 g/mol. The molecule has 1 atom stereocenters. The van der Waals surface area contributed by atoms with Crippen LogP contribution in [0.25, 0.3) is 11.1 Å². The molecule has 5 rings (SSSR count). The van der Waals surface area contributed by atoms with E-state index in [0.29, 0.717) is 39.8 Å². The zero-order valence-corrected chi connectivity index (χ0v) is 31.5. The highest BCUT2D eigenvalue weighted by atomic mass is 35.5. The van der Waals surface area contributed by atoms with Crippen molar-refractivity contribution in [2.75, 3.05) is 53.1 Å². The molecule has 11 nitrogen and oxygen atoms in total. The zero-order chi connectivity index (χ0) is 38.0. The summed E-state index contributed by atoms with van der Waals surface area (Å²) in [5.74, 6) is 0.445. The number of quaternary nitrogens is 1. The number of nitriles is 1. The van der Waals surface area contributed by atoms with E-state index in [0.717, 1.165) is 77.3 Å². The number of aliphatic carboxylic acids is 1. The minimum atomic E-state index is -1.58. The molecular formula is C41H48ClN4O7+. The van der Waals surface area contributed by atoms with Crippen LogP contribution >= 0.6 is 11.6 Å². The lowest BCUT2D eigenvalue weighted by molar-refractivity contribution is -0.917. The predicted molar refractivity (Wildman–Crippen MR) is 202 cm³/mol. The Morgan fingerprint density at radius 3 is 2.42 bits per heavy atom. The van der Waals surface area contributed by atoms with Gasteiger partial charge >= 0.3 is 5.97 Å². The first-order valence-corrected chi connectivity index (χ1v) is 18.1. The van der Waals surface area contributed by atoms with Crippen molar-refractivity contribution in [2.24, 2.45) is 0 Å². The van der Waals surface area contributed by atoms with Crippen LogP contribution < -0.4 is 19.5 Å². The van der Waals surface area contributed by atoms with Gasteiger partial charge in [0.15, 0.2) is 0 Å². The molecule has 12 heteroatoms. The van der Waals surface area contributed by atoms with Crippen LogP contribution in [0, 0.1) is 25.2 Å². The number of benzene rings is 3. The van der Waals surface area contributed by atoms with Crippen molar-refractivity contribution in [3.63, 3.8) is 0 Å². The molecule has 0 radical (unpaired) electrons. The Morgan fingerprint density at radius 1 is 0.981 bits per heavy atom. The van der Waals surface area contributed by atoms with Crippen molar-refractivity contribution < 1.29 is 38.4 Å². The van der Waals surface area contributed by atoms with E-state index in [4.69, 9.17) is 30.5 Å². The molecule has 4 aromatic rings. The van der Waals surface area contributed by atoms with Gasteiger partial charge in [-0.15, -0.1) is 0 Å². The molecule has 0 bridgehead atoms. The second-order valence-corrected chi connectivity index (χ2v) is 14.3. The number of likely N-dealkylation sites (N-methyl/N-ethyl adjacent to an activating group) is 1. The van der Waals surface area contributed by atoms with Crippen LogP contribution in [-0.2, 0) is 29.3 Å². The van der Waals surface area contributed by atoms with Crippen LogP contribution in [0.4, 0.5) is 0 Å². The summed E-state index contributed by atoms with van der Waals surface area (Å²) >= 11 is 6.74. The van der Waals surface area contributed by atoms with Crippen molar-refractivity contribution >= 4 is 17.6 Å². The quantitative estimate of drug-likeness (QED) is 0.0843. The number of hydrogen-bond donors (Lipinski definition) is 3. The number of nitrogens with one attached hydrogen (secondary N) is 1. The summed E-state index contributed by atoms with van der Waals surface area (Å²) in [4.78, 5) is 15.9. The van der Waals surface area contributed by atoms with E-state index in [-0.39, 0.29) is 19.8 Å². The Labute approximate surface area is 316 Å². The number of nitrogens with zero attached hydrogens (tertiary/aromatic N) is 3. The van der Waals surface area contributed by atoms with E-state index in [1.165, 1.54) is 13.1 Å². The largest absolute Gasteiger partial charge is 0.493 e. The monoisotopic (exact) mass is 743 g/mol. The Balaban J connectivity index is 1.32. The first-order valence-electron chi connectivity index (χ1n) is 17.7. The van der Waals surface area contributed by atoms with Gasteiger partial charge < -0.3 is 33.6 Å². The van der Waals surface area contributed by atoms with Gasteiger partial charge in [-0.3, -0.25) is 15.1 Å². The van der Waals surface area contributed by atoms with Crippen LogP contribution in [-0.4, -0.2) is 84.3 Å². The Bertz CT molecular complexity index is 1940. The molecule has 0 spiro atoms. The van der Waals surface area contributed by atoms with Gasteiger partial charge in [-0.05, 0) is 66.8 Å². The molecule has 1 aliphatic rings. The summed E-state index contributed by atoms with van der Waals surface area (Å²) in [5, 5.41) is 31.9. The van der Waals surface area contributed by atoms with Crippen molar-refractivity contribution in [3.05, 3.63) is 105 Å². The number of hydrogen-bond acceptors (Lipinski definition) is 9. The van der Waals surface area contributed by atoms with Crippen molar-refractivity contribution in [1.29, 1.82) is 5.26 Å². The van der Waals surface area contributed by atoms with Crippen LogP contribution in [0.3, 0.4) is 0 Å². The Kier molecular flexibility index (Phi) is 13.3. The van der Waals surface area contributed by atoms with E-state index < -0.39 is 18.1 Å². The molecule has 3 aromatic carbocycles. The van der Waals surface area contributed by atoms with Crippen molar-refractivity contribution in [1.82, 2.24) is 10.3 Å². The molecule has 1 aromatic heterocycles. The van der Waals surface area contributed by atoms with Gasteiger partial charge in [0.25, 0.3) is 0 Å². The minimum absolute atomic E-state index is 0.0342. The van der Waals surface area contributed by atoms with Crippen LogP contribution in [0.15, 0.2) is 67.0 Å². The molecule has 280 valence electrons. The van der Waals surface area contributed by atoms with Crippen LogP contribution in [0.1, 0.15) is 46.7 Å². The van der Waals surface area contributed by atoms with Crippen molar-refractivity contribution in [3.8, 4) is 34.4 Å². The van der Waals surface area contributed by atoms with E-state index in [1.807, 2.05) is 24.3 Å². The number of morpholine rings is 1. The number of halogens is 1. The lowest BCUT2D eigenvalue weighted by Crippen LogP contribution is -2.52. The van der Waals surface area contributed by atoms with Gasteiger partial charge in [0.1, 0.15) is 55.2 Å². The van der Waals surface area contributed by atoms with Gasteiger partial charge in [-0.1, -0.05) is 41.9 Å². The third kappa shape index (κ3) is 10.0. The lowest BCUT2D eigenvalue weighted by Gasteiger charge is -2.37.